The lowest BCUT2D eigenvalue weighted by atomic mass is 9.98. The van der Waals surface area contributed by atoms with Crippen LogP contribution in [0.3, 0.4) is 0 Å². The molecule has 1 aliphatic rings. The van der Waals surface area contributed by atoms with Crippen LogP contribution in [0.4, 0.5) is 5.82 Å². The van der Waals surface area contributed by atoms with Gasteiger partial charge >= 0.3 is 0 Å². The van der Waals surface area contributed by atoms with Gasteiger partial charge in [-0.25, -0.2) is 4.98 Å². The molecule has 5 heteroatoms. The summed E-state index contributed by atoms with van der Waals surface area (Å²) in [5, 5.41) is 4.08. The zero-order valence-corrected chi connectivity index (χ0v) is 13.8. The molecule has 1 saturated heterocycles. The molecular formula is C16H26ClN3O. The SMILES string of the molecule is CCCNc1ccc(Cl)c(CN2CCC(COC)CC2)n1. The van der Waals surface area contributed by atoms with Crippen LogP contribution in [0.15, 0.2) is 12.1 Å². The van der Waals surface area contributed by atoms with Gasteiger partial charge in [-0.05, 0) is 50.4 Å². The van der Waals surface area contributed by atoms with Gasteiger partial charge in [-0.3, -0.25) is 4.90 Å². The minimum Gasteiger partial charge on any atom is -0.384 e. The fourth-order valence-electron chi connectivity index (χ4n) is 2.71. The van der Waals surface area contributed by atoms with Crippen LogP contribution >= 0.6 is 11.6 Å². The summed E-state index contributed by atoms with van der Waals surface area (Å²) < 4.78 is 5.25. The third-order valence-electron chi connectivity index (χ3n) is 3.96. The first-order valence-electron chi connectivity index (χ1n) is 7.83. The quantitative estimate of drug-likeness (QED) is 0.837. The second-order valence-corrected chi connectivity index (χ2v) is 6.13. The molecule has 2 rings (SSSR count). The monoisotopic (exact) mass is 311 g/mol. The van der Waals surface area contributed by atoms with Crippen molar-refractivity contribution in [3.8, 4) is 0 Å². The molecule has 4 nitrogen and oxygen atoms in total. The molecule has 21 heavy (non-hydrogen) atoms. The standard InChI is InChI=1S/C16H26ClN3O/c1-3-8-18-16-5-4-14(17)15(19-16)11-20-9-6-13(7-10-20)12-21-2/h4-5,13H,3,6-12H2,1-2H3,(H,18,19). The van der Waals surface area contributed by atoms with E-state index in [4.69, 9.17) is 16.3 Å². The van der Waals surface area contributed by atoms with E-state index in [1.54, 1.807) is 7.11 Å². The summed E-state index contributed by atoms with van der Waals surface area (Å²) in [5.41, 5.74) is 0.975. The Morgan fingerprint density at radius 3 is 2.81 bits per heavy atom. The number of rotatable bonds is 7. The normalized spacial score (nSPS) is 17.1. The summed E-state index contributed by atoms with van der Waals surface area (Å²) in [7, 11) is 1.78. The van der Waals surface area contributed by atoms with Crippen molar-refractivity contribution in [2.75, 3.05) is 38.7 Å². The van der Waals surface area contributed by atoms with Crippen LogP contribution in [-0.4, -0.2) is 43.2 Å². The van der Waals surface area contributed by atoms with Crippen molar-refractivity contribution in [1.29, 1.82) is 0 Å². The van der Waals surface area contributed by atoms with Gasteiger partial charge in [0.2, 0.25) is 0 Å². The van der Waals surface area contributed by atoms with Gasteiger partial charge in [-0.2, -0.15) is 0 Å². The summed E-state index contributed by atoms with van der Waals surface area (Å²) >= 11 is 6.29. The number of anilines is 1. The van der Waals surface area contributed by atoms with Crippen LogP contribution in [0, 0.1) is 5.92 Å². The van der Waals surface area contributed by atoms with Gasteiger partial charge in [0.25, 0.3) is 0 Å². The van der Waals surface area contributed by atoms with E-state index in [1.807, 2.05) is 12.1 Å². The van der Waals surface area contributed by atoms with E-state index >= 15 is 0 Å². The van der Waals surface area contributed by atoms with Gasteiger partial charge in [0.1, 0.15) is 5.82 Å². The van der Waals surface area contributed by atoms with E-state index in [0.29, 0.717) is 5.92 Å². The summed E-state index contributed by atoms with van der Waals surface area (Å²) in [6.45, 7) is 6.99. The summed E-state index contributed by atoms with van der Waals surface area (Å²) in [6.07, 6.45) is 3.48. The molecule has 1 aromatic heterocycles. The smallest absolute Gasteiger partial charge is 0.126 e. The number of pyridine rings is 1. The molecule has 0 radical (unpaired) electrons. The third-order valence-corrected chi connectivity index (χ3v) is 4.30. The second kappa shape index (κ2) is 8.57. The number of piperidine rings is 1. The van der Waals surface area contributed by atoms with E-state index in [-0.39, 0.29) is 0 Å². The van der Waals surface area contributed by atoms with Crippen molar-refractivity contribution in [2.24, 2.45) is 5.92 Å². The number of halogens is 1. The van der Waals surface area contributed by atoms with Crippen molar-refractivity contribution in [3.63, 3.8) is 0 Å². The Kier molecular flexibility index (Phi) is 6.74. The van der Waals surface area contributed by atoms with Gasteiger partial charge in [0, 0.05) is 26.8 Å². The summed E-state index contributed by atoms with van der Waals surface area (Å²) in [6, 6.07) is 3.89. The van der Waals surface area contributed by atoms with Crippen molar-refractivity contribution < 1.29 is 4.74 Å². The minimum atomic E-state index is 0.701. The Labute approximate surface area is 132 Å². The molecule has 0 aliphatic carbocycles. The molecule has 1 fully saturated rings. The highest BCUT2D eigenvalue weighted by Gasteiger charge is 2.20. The average Bonchev–Trinajstić information content (AvgIpc) is 2.50. The van der Waals surface area contributed by atoms with E-state index in [1.165, 1.54) is 12.8 Å². The van der Waals surface area contributed by atoms with Crippen molar-refractivity contribution in [2.45, 2.75) is 32.7 Å². The van der Waals surface area contributed by atoms with E-state index in [9.17, 15) is 0 Å². The number of hydrogen-bond donors (Lipinski definition) is 1. The predicted octanol–water partition coefficient (Wildman–Crippen LogP) is 3.42. The minimum absolute atomic E-state index is 0.701. The van der Waals surface area contributed by atoms with Crippen molar-refractivity contribution in [3.05, 3.63) is 22.8 Å². The Morgan fingerprint density at radius 1 is 1.38 bits per heavy atom. The molecule has 0 spiro atoms. The lowest BCUT2D eigenvalue weighted by molar-refractivity contribution is 0.0963. The molecule has 1 aromatic rings. The Morgan fingerprint density at radius 2 is 2.14 bits per heavy atom. The Bertz CT molecular complexity index is 434. The number of aromatic nitrogens is 1. The van der Waals surface area contributed by atoms with Gasteiger partial charge in [0.05, 0.1) is 10.7 Å². The van der Waals surface area contributed by atoms with E-state index in [0.717, 1.165) is 55.7 Å². The van der Waals surface area contributed by atoms with E-state index in [2.05, 4.69) is 22.1 Å². The molecule has 0 bridgehead atoms. The first-order chi connectivity index (χ1) is 10.2. The van der Waals surface area contributed by atoms with Crippen molar-refractivity contribution >= 4 is 17.4 Å². The van der Waals surface area contributed by atoms with Crippen LogP contribution in [0.25, 0.3) is 0 Å². The number of nitrogens with zero attached hydrogens (tertiary/aromatic N) is 2. The van der Waals surface area contributed by atoms with Crippen LogP contribution in [-0.2, 0) is 11.3 Å². The topological polar surface area (TPSA) is 37.4 Å². The highest BCUT2D eigenvalue weighted by molar-refractivity contribution is 6.31. The van der Waals surface area contributed by atoms with E-state index < -0.39 is 0 Å². The van der Waals surface area contributed by atoms with Crippen LogP contribution in [0.5, 0.6) is 0 Å². The fourth-order valence-corrected chi connectivity index (χ4v) is 2.87. The van der Waals surface area contributed by atoms with Crippen LogP contribution < -0.4 is 5.32 Å². The third kappa shape index (κ3) is 5.13. The van der Waals surface area contributed by atoms with Gasteiger partial charge in [-0.15, -0.1) is 0 Å². The molecule has 0 atom stereocenters. The van der Waals surface area contributed by atoms with Gasteiger partial charge < -0.3 is 10.1 Å². The fraction of sp³-hybridized carbons (Fsp3) is 0.688. The zero-order chi connectivity index (χ0) is 15.1. The molecule has 0 saturated carbocycles. The zero-order valence-electron chi connectivity index (χ0n) is 13.1. The number of nitrogens with one attached hydrogen (secondary N) is 1. The van der Waals surface area contributed by atoms with Gasteiger partial charge in [0.15, 0.2) is 0 Å². The van der Waals surface area contributed by atoms with Crippen LogP contribution in [0.1, 0.15) is 31.9 Å². The lowest BCUT2D eigenvalue weighted by Gasteiger charge is -2.31. The molecule has 1 N–H and O–H groups in total. The number of likely N-dealkylation sites (tertiary alicyclic amines) is 1. The summed E-state index contributed by atoms with van der Waals surface area (Å²) in [4.78, 5) is 7.08. The molecule has 0 amide bonds. The van der Waals surface area contributed by atoms with Crippen LogP contribution in [0.2, 0.25) is 5.02 Å². The Hall–Kier alpha value is -0.840. The summed E-state index contributed by atoms with van der Waals surface area (Å²) in [5.74, 6) is 1.62. The van der Waals surface area contributed by atoms with Crippen molar-refractivity contribution in [1.82, 2.24) is 9.88 Å². The predicted molar refractivity (Wildman–Crippen MR) is 87.9 cm³/mol. The molecule has 0 unspecified atom stereocenters. The molecule has 1 aliphatic heterocycles. The largest absolute Gasteiger partial charge is 0.384 e. The highest BCUT2D eigenvalue weighted by Crippen LogP contribution is 2.22. The first-order valence-corrected chi connectivity index (χ1v) is 8.21. The molecule has 0 aromatic carbocycles. The average molecular weight is 312 g/mol. The maximum atomic E-state index is 6.29. The highest BCUT2D eigenvalue weighted by atomic mass is 35.5. The lowest BCUT2D eigenvalue weighted by Crippen LogP contribution is -2.34. The Balaban J connectivity index is 1.90. The second-order valence-electron chi connectivity index (χ2n) is 5.73. The maximum absolute atomic E-state index is 6.29. The first kappa shape index (κ1) is 16.5. The van der Waals surface area contributed by atoms with Gasteiger partial charge in [-0.1, -0.05) is 18.5 Å². The number of hydrogen-bond acceptors (Lipinski definition) is 4. The number of ether oxygens (including phenoxy) is 1. The maximum Gasteiger partial charge on any atom is 0.126 e. The molecule has 118 valence electrons. The number of methoxy groups -OCH3 is 1. The molecule has 2 heterocycles. The molecular weight excluding hydrogens is 286 g/mol.